The summed E-state index contributed by atoms with van der Waals surface area (Å²) in [5.41, 5.74) is -0.0121. The average Bonchev–Trinajstić information content (AvgIpc) is 3.26. The Morgan fingerprint density at radius 3 is 1.95 bits per heavy atom. The fourth-order valence-corrected chi connectivity index (χ4v) is 8.37. The van der Waals surface area contributed by atoms with Gasteiger partial charge < -0.3 is 89.3 Å². The summed E-state index contributed by atoms with van der Waals surface area (Å²) in [6.07, 6.45) is -13.8. The van der Waals surface area contributed by atoms with Crippen molar-refractivity contribution in [1.82, 2.24) is 0 Å². The van der Waals surface area contributed by atoms with Crippen LogP contribution >= 0.6 is 0 Å². The van der Waals surface area contributed by atoms with E-state index < -0.39 is 102 Å². The molecule has 1 fully saturated rings. The Balaban J connectivity index is 1.32. The van der Waals surface area contributed by atoms with Crippen molar-refractivity contribution < 1.29 is 94.1 Å². The number of hydrogen-bond acceptors (Lipinski definition) is 19. The van der Waals surface area contributed by atoms with E-state index in [9.17, 15) is 61.0 Å². The smallest absolute Gasteiger partial charge is 0.338 e. The van der Waals surface area contributed by atoms with Crippen LogP contribution in [0.1, 0.15) is 63.2 Å². The lowest BCUT2D eigenvalue weighted by Crippen LogP contribution is -2.58. The Morgan fingerprint density at radius 2 is 1.30 bits per heavy atom. The number of aliphatic hydroxyl groups excluding tert-OH is 3. The van der Waals surface area contributed by atoms with Crippen molar-refractivity contribution in [2.45, 2.75) is 74.4 Å². The van der Waals surface area contributed by atoms with Crippen LogP contribution in [0.5, 0.6) is 69.0 Å². The molecule has 3 aliphatic heterocycles. The summed E-state index contributed by atoms with van der Waals surface area (Å²) >= 11 is 0. The maximum absolute atomic E-state index is 13.9. The van der Waals surface area contributed by atoms with Gasteiger partial charge in [0.25, 0.3) is 0 Å². The summed E-state index contributed by atoms with van der Waals surface area (Å²) in [5, 5.41) is 120. The Kier molecular flexibility index (Phi) is 11.5. The van der Waals surface area contributed by atoms with Crippen molar-refractivity contribution in [3.8, 4) is 69.0 Å². The molecule has 1 saturated heterocycles. The molecule has 0 saturated carbocycles. The molecule has 338 valence electrons. The van der Waals surface area contributed by atoms with Crippen LogP contribution in [-0.2, 0) is 20.6 Å². The number of carbonyl (C=O) groups is 1. The minimum absolute atomic E-state index is 0.0434. The Hall–Kier alpha value is -7.03. The van der Waals surface area contributed by atoms with Gasteiger partial charge in [-0.2, -0.15) is 0 Å². The lowest BCUT2D eigenvalue weighted by molar-refractivity contribution is -0.312. The molecule has 0 bridgehead atoms. The molecule has 10 atom stereocenters. The zero-order valence-corrected chi connectivity index (χ0v) is 34.1. The number of phenolic OH excluding ortho intramolecular Hbond substituents is 8. The standard InChI is InChI=1S/C45H44O19/c1-17-36(53)38(55)39(56)45(60-17)64-43-35(33-27(51)13-22(47)14-29(33)61-41(43)18-4-7-21(46)8-5-18)34-28(52)16-25(49)23-15-32(40(63-42(23)34)19-6-9-24(48)26(50)10-19)62-44(57)20-11-30(58-2)37(54)31(12-20)59-3/h4-14,16-17,32,35-36,38-41,43,45-56H,15H2,1-3H3. The lowest BCUT2D eigenvalue weighted by atomic mass is 9.77. The van der Waals surface area contributed by atoms with Gasteiger partial charge in [0.2, 0.25) is 5.75 Å². The summed E-state index contributed by atoms with van der Waals surface area (Å²) in [7, 11) is 2.53. The third-order valence-corrected chi connectivity index (χ3v) is 11.6. The van der Waals surface area contributed by atoms with Crippen molar-refractivity contribution in [3.05, 3.63) is 106 Å². The Morgan fingerprint density at radius 1 is 0.641 bits per heavy atom. The topological polar surface area (TPSA) is 304 Å². The summed E-state index contributed by atoms with van der Waals surface area (Å²) in [5.74, 6) is -6.80. The van der Waals surface area contributed by atoms with E-state index in [0.717, 1.165) is 24.3 Å². The highest BCUT2D eigenvalue weighted by atomic mass is 16.7. The molecule has 3 aliphatic rings. The number of fused-ring (bicyclic) bond motifs is 2. The molecule has 19 heteroatoms. The number of phenols is 8. The number of hydrogen-bond donors (Lipinski definition) is 11. The van der Waals surface area contributed by atoms with Crippen molar-refractivity contribution >= 4 is 5.97 Å². The first kappa shape index (κ1) is 43.6. The van der Waals surface area contributed by atoms with E-state index >= 15 is 0 Å². The van der Waals surface area contributed by atoms with E-state index in [1.165, 1.54) is 69.7 Å². The molecule has 19 nitrogen and oxygen atoms in total. The monoisotopic (exact) mass is 888 g/mol. The second kappa shape index (κ2) is 16.9. The predicted molar refractivity (Wildman–Crippen MR) is 217 cm³/mol. The molecule has 0 spiro atoms. The highest BCUT2D eigenvalue weighted by Gasteiger charge is 2.51. The highest BCUT2D eigenvalue weighted by Crippen LogP contribution is 2.58. The second-order valence-electron chi connectivity index (χ2n) is 15.6. The number of aromatic hydroxyl groups is 8. The number of ether oxygens (including phenoxy) is 7. The quantitative estimate of drug-likeness (QED) is 0.0742. The number of carbonyl (C=O) groups excluding carboxylic acids is 1. The molecule has 0 aromatic heterocycles. The van der Waals surface area contributed by atoms with E-state index in [0.29, 0.717) is 5.56 Å². The zero-order valence-electron chi connectivity index (χ0n) is 34.1. The van der Waals surface area contributed by atoms with E-state index in [1.54, 1.807) is 0 Å². The predicted octanol–water partition coefficient (Wildman–Crippen LogP) is 3.73. The van der Waals surface area contributed by atoms with Crippen molar-refractivity contribution in [1.29, 1.82) is 0 Å². The number of esters is 1. The van der Waals surface area contributed by atoms with Crippen LogP contribution in [-0.4, -0.2) is 119 Å². The minimum Gasteiger partial charge on any atom is -0.508 e. The van der Waals surface area contributed by atoms with Gasteiger partial charge in [-0.25, -0.2) is 4.79 Å². The molecule has 11 N–H and O–H groups in total. The lowest BCUT2D eigenvalue weighted by Gasteiger charge is -2.46. The maximum atomic E-state index is 13.9. The molecular formula is C45H44O19. The summed E-state index contributed by atoms with van der Waals surface area (Å²) in [6, 6.07) is 14.9. The molecule has 3 heterocycles. The molecule has 10 unspecified atom stereocenters. The van der Waals surface area contributed by atoms with Crippen molar-refractivity contribution in [2.24, 2.45) is 0 Å². The van der Waals surface area contributed by atoms with Crippen LogP contribution in [0.3, 0.4) is 0 Å². The van der Waals surface area contributed by atoms with Crippen molar-refractivity contribution in [2.75, 3.05) is 14.2 Å². The highest BCUT2D eigenvalue weighted by molar-refractivity contribution is 5.91. The molecular weight excluding hydrogens is 844 g/mol. The maximum Gasteiger partial charge on any atom is 0.338 e. The molecule has 0 aliphatic carbocycles. The fourth-order valence-electron chi connectivity index (χ4n) is 8.37. The molecule has 5 aromatic rings. The molecule has 8 rings (SSSR count). The van der Waals surface area contributed by atoms with Crippen LogP contribution in [0, 0.1) is 0 Å². The zero-order chi connectivity index (χ0) is 45.9. The second-order valence-corrected chi connectivity index (χ2v) is 15.6. The normalized spacial score (nSPS) is 26.1. The SMILES string of the molecule is COc1cc(C(=O)OC2Cc3c(O)cc(O)c(C4c5c(O)cc(O)cc5OC(c5ccc(O)cc5)C4OC4OC(C)C(O)C(O)C4O)c3OC2c2ccc(O)c(O)c2)cc(OC)c1O. The average molecular weight is 889 g/mol. The van der Waals surface area contributed by atoms with Gasteiger partial charge in [-0.15, -0.1) is 0 Å². The number of benzene rings is 5. The van der Waals surface area contributed by atoms with Gasteiger partial charge in [0, 0.05) is 46.9 Å². The van der Waals surface area contributed by atoms with Gasteiger partial charge in [0.1, 0.15) is 70.8 Å². The van der Waals surface area contributed by atoms with Crippen LogP contribution in [0.2, 0.25) is 0 Å². The first-order chi connectivity index (χ1) is 30.5. The van der Waals surface area contributed by atoms with Gasteiger partial charge in [-0.05, 0) is 48.9 Å². The first-order valence-electron chi connectivity index (χ1n) is 19.8. The summed E-state index contributed by atoms with van der Waals surface area (Å²) in [6.45, 7) is 1.43. The van der Waals surface area contributed by atoms with E-state index in [1.807, 2.05) is 0 Å². The van der Waals surface area contributed by atoms with Crippen molar-refractivity contribution in [3.63, 3.8) is 0 Å². The summed E-state index contributed by atoms with van der Waals surface area (Å²) in [4.78, 5) is 13.9. The Labute approximate surface area is 363 Å². The largest absolute Gasteiger partial charge is 0.508 e. The molecule has 64 heavy (non-hydrogen) atoms. The number of aliphatic hydroxyl groups is 3. The summed E-state index contributed by atoms with van der Waals surface area (Å²) < 4.78 is 41.9. The number of methoxy groups -OCH3 is 2. The molecule has 0 amide bonds. The third-order valence-electron chi connectivity index (χ3n) is 11.6. The van der Waals surface area contributed by atoms with E-state index in [4.69, 9.17) is 33.2 Å². The van der Waals surface area contributed by atoms with Crippen LogP contribution in [0.15, 0.2) is 72.8 Å². The van der Waals surface area contributed by atoms with E-state index in [2.05, 4.69) is 0 Å². The Bertz CT molecular complexity index is 2550. The van der Waals surface area contributed by atoms with E-state index in [-0.39, 0.29) is 68.7 Å². The van der Waals surface area contributed by atoms with Gasteiger partial charge >= 0.3 is 5.97 Å². The van der Waals surface area contributed by atoms with Gasteiger partial charge in [-0.3, -0.25) is 0 Å². The molecule has 5 aromatic carbocycles. The first-order valence-corrected chi connectivity index (χ1v) is 19.8. The van der Waals surface area contributed by atoms with Crippen LogP contribution < -0.4 is 18.9 Å². The van der Waals surface area contributed by atoms with Crippen LogP contribution in [0.4, 0.5) is 0 Å². The fraction of sp³-hybridized carbons (Fsp3) is 0.311. The third kappa shape index (κ3) is 7.72. The molecule has 0 radical (unpaired) electrons. The van der Waals surface area contributed by atoms with Gasteiger partial charge in [-0.1, -0.05) is 18.2 Å². The minimum atomic E-state index is -1.86. The number of rotatable bonds is 9. The van der Waals surface area contributed by atoms with Crippen LogP contribution in [0.25, 0.3) is 0 Å². The van der Waals surface area contributed by atoms with Gasteiger partial charge in [0.15, 0.2) is 41.5 Å². The van der Waals surface area contributed by atoms with Gasteiger partial charge in [0.05, 0.1) is 31.8 Å².